The maximum Gasteiger partial charge on any atom is 0.240 e. The number of sulfonamides is 1. The van der Waals surface area contributed by atoms with Crippen LogP contribution in [0.3, 0.4) is 0 Å². The van der Waals surface area contributed by atoms with Crippen LogP contribution in [-0.4, -0.2) is 20.5 Å². The van der Waals surface area contributed by atoms with Crippen LogP contribution in [0.1, 0.15) is 26.7 Å². The van der Waals surface area contributed by atoms with Crippen LogP contribution < -0.4 is 10.5 Å². The molecule has 4 nitrogen and oxygen atoms in total. The number of nitrogens with one attached hydrogen (secondary N) is 1. The zero-order chi connectivity index (χ0) is 13.8. The van der Waals surface area contributed by atoms with Crippen molar-refractivity contribution in [3.05, 3.63) is 29.3 Å². The van der Waals surface area contributed by atoms with E-state index in [1.54, 1.807) is 12.1 Å². The zero-order valence-corrected chi connectivity index (χ0v) is 13.4. The summed E-state index contributed by atoms with van der Waals surface area (Å²) in [6, 6.07) is 6.04. The summed E-state index contributed by atoms with van der Waals surface area (Å²) in [4.78, 5) is 0.196. The van der Waals surface area contributed by atoms with Crippen LogP contribution in [0, 0.1) is 0 Å². The highest BCUT2D eigenvalue weighted by Crippen LogP contribution is 2.15. The van der Waals surface area contributed by atoms with E-state index >= 15 is 0 Å². The van der Waals surface area contributed by atoms with Gasteiger partial charge in [-0.25, -0.2) is 13.1 Å². The van der Waals surface area contributed by atoms with Gasteiger partial charge in [0.1, 0.15) is 0 Å². The number of hydrogen-bond donors (Lipinski definition) is 2. The lowest BCUT2D eigenvalue weighted by Gasteiger charge is -2.26. The van der Waals surface area contributed by atoms with E-state index < -0.39 is 15.6 Å². The first-order valence-corrected chi connectivity index (χ1v) is 7.73. The van der Waals surface area contributed by atoms with Crippen molar-refractivity contribution in [1.29, 1.82) is 0 Å². The second-order valence-electron chi connectivity index (χ2n) is 4.35. The van der Waals surface area contributed by atoms with Crippen molar-refractivity contribution < 1.29 is 8.42 Å². The van der Waals surface area contributed by atoms with Crippen molar-refractivity contribution in [2.45, 2.75) is 37.1 Å². The highest BCUT2D eigenvalue weighted by atomic mass is 35.5. The Morgan fingerprint density at radius 3 is 2.11 bits per heavy atom. The molecule has 0 unspecified atom stereocenters. The van der Waals surface area contributed by atoms with E-state index in [0.717, 1.165) is 0 Å². The highest BCUT2D eigenvalue weighted by molar-refractivity contribution is 7.89. The fraction of sp³-hybridized carbons (Fsp3) is 0.500. The number of nitrogens with two attached hydrogens (primary N) is 1. The standard InChI is InChI=1S/C12H19ClN2O2S.ClH/c1-3-12(14,4-2)9-15-18(16,17)11-7-5-10(13)6-8-11;/h5-8,15H,3-4,9,14H2,1-2H3;1H. The number of rotatable bonds is 6. The van der Waals surface area contributed by atoms with Gasteiger partial charge in [0.15, 0.2) is 0 Å². The number of benzene rings is 1. The van der Waals surface area contributed by atoms with Crippen molar-refractivity contribution in [1.82, 2.24) is 4.72 Å². The van der Waals surface area contributed by atoms with Gasteiger partial charge in [-0.15, -0.1) is 12.4 Å². The largest absolute Gasteiger partial charge is 0.324 e. The maximum atomic E-state index is 12.0. The molecule has 1 aromatic rings. The van der Waals surface area contributed by atoms with Crippen LogP contribution in [0.2, 0.25) is 5.02 Å². The first kappa shape index (κ1) is 18.7. The fourth-order valence-electron chi connectivity index (χ4n) is 1.44. The van der Waals surface area contributed by atoms with Gasteiger partial charge in [-0.05, 0) is 37.1 Å². The molecule has 1 rings (SSSR count). The van der Waals surface area contributed by atoms with E-state index in [-0.39, 0.29) is 23.8 Å². The Labute approximate surface area is 126 Å². The molecule has 0 amide bonds. The third-order valence-electron chi connectivity index (χ3n) is 3.15. The Balaban J connectivity index is 0.00000324. The molecule has 0 spiro atoms. The quantitative estimate of drug-likeness (QED) is 0.843. The van der Waals surface area contributed by atoms with Crippen molar-refractivity contribution >= 4 is 34.0 Å². The molecule has 19 heavy (non-hydrogen) atoms. The molecule has 0 aliphatic heterocycles. The minimum Gasteiger partial charge on any atom is -0.324 e. The van der Waals surface area contributed by atoms with Gasteiger partial charge in [-0.2, -0.15) is 0 Å². The predicted molar refractivity (Wildman–Crippen MR) is 81.4 cm³/mol. The first-order valence-electron chi connectivity index (χ1n) is 5.87. The topological polar surface area (TPSA) is 72.2 Å². The lowest BCUT2D eigenvalue weighted by molar-refractivity contribution is 0.392. The average molecular weight is 327 g/mol. The summed E-state index contributed by atoms with van der Waals surface area (Å²) < 4.78 is 26.6. The molecular formula is C12H20Cl2N2O2S. The molecule has 110 valence electrons. The second-order valence-corrected chi connectivity index (χ2v) is 6.55. The van der Waals surface area contributed by atoms with Gasteiger partial charge in [-0.1, -0.05) is 25.4 Å². The monoisotopic (exact) mass is 326 g/mol. The van der Waals surface area contributed by atoms with E-state index in [1.165, 1.54) is 12.1 Å². The van der Waals surface area contributed by atoms with Gasteiger partial charge in [-0.3, -0.25) is 0 Å². The lowest BCUT2D eigenvalue weighted by atomic mass is 9.95. The summed E-state index contributed by atoms with van der Waals surface area (Å²) in [5.41, 5.74) is 5.56. The summed E-state index contributed by atoms with van der Waals surface area (Å²) in [6.07, 6.45) is 1.43. The molecule has 0 bridgehead atoms. The molecule has 0 aliphatic rings. The predicted octanol–water partition coefficient (Wildman–Crippen LogP) is 2.56. The van der Waals surface area contributed by atoms with E-state index in [0.29, 0.717) is 17.9 Å². The van der Waals surface area contributed by atoms with E-state index in [4.69, 9.17) is 17.3 Å². The zero-order valence-electron chi connectivity index (χ0n) is 11.0. The van der Waals surface area contributed by atoms with Crippen LogP contribution in [0.15, 0.2) is 29.2 Å². The lowest BCUT2D eigenvalue weighted by Crippen LogP contribution is -2.49. The Bertz CT molecular complexity index is 485. The van der Waals surface area contributed by atoms with E-state index in [9.17, 15) is 8.42 Å². The molecule has 0 saturated carbocycles. The summed E-state index contributed by atoms with van der Waals surface area (Å²) in [5.74, 6) is 0. The molecule has 7 heteroatoms. The molecular weight excluding hydrogens is 307 g/mol. The van der Waals surface area contributed by atoms with Crippen LogP contribution in [-0.2, 0) is 10.0 Å². The molecule has 0 saturated heterocycles. The third kappa shape index (κ3) is 5.28. The molecule has 0 atom stereocenters. The summed E-state index contributed by atoms with van der Waals surface area (Å²) in [6.45, 7) is 4.12. The second kappa shape index (κ2) is 7.45. The molecule has 0 aromatic heterocycles. The molecule has 3 N–H and O–H groups in total. The average Bonchev–Trinajstić information content (AvgIpc) is 2.37. The van der Waals surface area contributed by atoms with E-state index in [2.05, 4.69) is 4.72 Å². The van der Waals surface area contributed by atoms with E-state index in [1.807, 2.05) is 13.8 Å². The number of halogens is 2. The molecule has 0 fully saturated rings. The minimum absolute atomic E-state index is 0. The normalized spacial score (nSPS) is 12.0. The van der Waals surface area contributed by atoms with Gasteiger partial charge in [0.05, 0.1) is 4.90 Å². The van der Waals surface area contributed by atoms with Crippen LogP contribution >= 0.6 is 24.0 Å². The third-order valence-corrected chi connectivity index (χ3v) is 4.82. The molecule has 0 heterocycles. The summed E-state index contributed by atoms with van der Waals surface area (Å²) >= 11 is 5.72. The fourth-order valence-corrected chi connectivity index (χ4v) is 2.70. The minimum atomic E-state index is -3.52. The van der Waals surface area contributed by atoms with Crippen LogP contribution in [0.5, 0.6) is 0 Å². The van der Waals surface area contributed by atoms with Crippen molar-refractivity contribution in [2.75, 3.05) is 6.54 Å². The van der Waals surface area contributed by atoms with Crippen LogP contribution in [0.4, 0.5) is 0 Å². The first-order chi connectivity index (χ1) is 8.33. The van der Waals surface area contributed by atoms with Crippen molar-refractivity contribution in [3.63, 3.8) is 0 Å². The van der Waals surface area contributed by atoms with Crippen molar-refractivity contribution in [2.24, 2.45) is 5.73 Å². The smallest absolute Gasteiger partial charge is 0.240 e. The Morgan fingerprint density at radius 2 is 1.68 bits per heavy atom. The van der Waals surface area contributed by atoms with Crippen LogP contribution in [0.25, 0.3) is 0 Å². The molecule has 0 radical (unpaired) electrons. The Kier molecular flexibility index (Phi) is 7.32. The van der Waals surface area contributed by atoms with Gasteiger partial charge >= 0.3 is 0 Å². The molecule has 0 aliphatic carbocycles. The van der Waals surface area contributed by atoms with Gasteiger partial charge in [0, 0.05) is 17.1 Å². The highest BCUT2D eigenvalue weighted by Gasteiger charge is 2.23. The summed E-state index contributed by atoms with van der Waals surface area (Å²) in [7, 11) is -3.52. The maximum absolute atomic E-state index is 12.0. The van der Waals surface area contributed by atoms with Gasteiger partial charge in [0.2, 0.25) is 10.0 Å². The van der Waals surface area contributed by atoms with Gasteiger partial charge < -0.3 is 5.73 Å². The Hall–Kier alpha value is -0.330. The summed E-state index contributed by atoms with van der Waals surface area (Å²) in [5, 5.41) is 0.504. The Morgan fingerprint density at radius 1 is 1.21 bits per heavy atom. The molecule has 1 aromatic carbocycles. The SMILES string of the molecule is CCC(N)(CC)CNS(=O)(=O)c1ccc(Cl)cc1.Cl. The number of hydrogen-bond acceptors (Lipinski definition) is 3. The van der Waals surface area contributed by atoms with Crippen molar-refractivity contribution in [3.8, 4) is 0 Å². The van der Waals surface area contributed by atoms with Gasteiger partial charge in [0.25, 0.3) is 0 Å².